The van der Waals surface area contributed by atoms with Crippen LogP contribution in [0, 0.1) is 6.92 Å². The fourth-order valence-corrected chi connectivity index (χ4v) is 4.44. The van der Waals surface area contributed by atoms with Crippen molar-refractivity contribution in [3.8, 4) is 0 Å². The molecule has 5 heteroatoms. The number of aryl methyl sites for hydroxylation is 1. The molecule has 2 rings (SSSR count). The Morgan fingerprint density at radius 1 is 1.20 bits per heavy atom. The third-order valence-corrected chi connectivity index (χ3v) is 5.75. The van der Waals surface area contributed by atoms with E-state index < -0.39 is 10.0 Å². The lowest BCUT2D eigenvalue weighted by Gasteiger charge is -2.33. The Bertz CT molecular complexity index is 519. The van der Waals surface area contributed by atoms with Crippen molar-refractivity contribution < 1.29 is 8.42 Å². The molecule has 0 aliphatic carbocycles. The number of hydrogen-bond donors (Lipinski definition) is 1. The predicted octanol–water partition coefficient (Wildman–Crippen LogP) is 2.15. The molecule has 1 aliphatic heterocycles. The van der Waals surface area contributed by atoms with Crippen LogP contribution in [0.3, 0.4) is 0 Å². The van der Waals surface area contributed by atoms with Gasteiger partial charge < -0.3 is 5.32 Å². The van der Waals surface area contributed by atoms with E-state index in [1.807, 2.05) is 26.0 Å². The van der Waals surface area contributed by atoms with Crippen LogP contribution < -0.4 is 5.32 Å². The largest absolute Gasteiger partial charge is 0.317 e. The molecule has 4 nitrogen and oxygen atoms in total. The van der Waals surface area contributed by atoms with E-state index in [1.54, 1.807) is 16.4 Å². The minimum absolute atomic E-state index is 0.127. The van der Waals surface area contributed by atoms with E-state index in [4.69, 9.17) is 0 Å². The number of nitrogens with one attached hydrogen (secondary N) is 1. The Morgan fingerprint density at radius 2 is 1.80 bits per heavy atom. The third kappa shape index (κ3) is 3.40. The summed E-state index contributed by atoms with van der Waals surface area (Å²) in [4.78, 5) is 0.412. The monoisotopic (exact) mass is 296 g/mol. The Balaban J connectivity index is 2.28. The molecule has 1 aliphatic rings. The van der Waals surface area contributed by atoms with Crippen LogP contribution in [0.1, 0.15) is 31.7 Å². The molecule has 0 spiro atoms. The topological polar surface area (TPSA) is 49.4 Å². The molecule has 1 aromatic rings. The first-order valence-electron chi connectivity index (χ1n) is 7.35. The van der Waals surface area contributed by atoms with Gasteiger partial charge in [0.1, 0.15) is 0 Å². The summed E-state index contributed by atoms with van der Waals surface area (Å²) < 4.78 is 27.4. The highest BCUT2D eigenvalue weighted by atomic mass is 32.2. The minimum atomic E-state index is -3.37. The first-order chi connectivity index (χ1) is 9.55. The first kappa shape index (κ1) is 15.5. The van der Waals surface area contributed by atoms with Crippen molar-refractivity contribution >= 4 is 10.0 Å². The standard InChI is InChI=1S/C15H24N2O2S/c1-3-12-17(14-8-10-16-11-9-14)20(18,19)15-6-4-13(2)5-7-15/h4-7,14,16H,3,8-12H2,1-2H3. The van der Waals surface area contributed by atoms with Gasteiger partial charge in [-0.05, 0) is 51.4 Å². The van der Waals surface area contributed by atoms with Crippen LogP contribution in [0.4, 0.5) is 0 Å². The Kier molecular flexibility index (Phi) is 5.18. The maximum atomic E-state index is 12.8. The van der Waals surface area contributed by atoms with Gasteiger partial charge in [-0.2, -0.15) is 4.31 Å². The van der Waals surface area contributed by atoms with Gasteiger partial charge in [-0.1, -0.05) is 24.6 Å². The van der Waals surface area contributed by atoms with Crippen LogP contribution in [-0.4, -0.2) is 38.4 Å². The molecule has 0 unspecified atom stereocenters. The number of rotatable bonds is 5. The highest BCUT2D eigenvalue weighted by Crippen LogP contribution is 2.23. The van der Waals surface area contributed by atoms with Crippen molar-refractivity contribution in [2.75, 3.05) is 19.6 Å². The number of hydrogen-bond acceptors (Lipinski definition) is 3. The summed E-state index contributed by atoms with van der Waals surface area (Å²) in [5, 5.41) is 3.29. The first-order valence-corrected chi connectivity index (χ1v) is 8.79. The lowest BCUT2D eigenvalue weighted by molar-refractivity contribution is 0.262. The van der Waals surface area contributed by atoms with E-state index in [1.165, 1.54) is 0 Å². The van der Waals surface area contributed by atoms with E-state index in [9.17, 15) is 8.42 Å². The summed E-state index contributed by atoms with van der Waals surface area (Å²) in [6, 6.07) is 7.28. The average molecular weight is 296 g/mol. The van der Waals surface area contributed by atoms with Crippen LogP contribution in [-0.2, 0) is 10.0 Å². The summed E-state index contributed by atoms with van der Waals surface area (Å²) in [6.07, 6.45) is 2.63. The molecule has 0 aromatic heterocycles. The molecular weight excluding hydrogens is 272 g/mol. The number of piperidine rings is 1. The highest BCUT2D eigenvalue weighted by Gasteiger charge is 2.31. The smallest absolute Gasteiger partial charge is 0.243 e. The lowest BCUT2D eigenvalue weighted by atomic mass is 10.1. The summed E-state index contributed by atoms with van der Waals surface area (Å²) in [5.74, 6) is 0. The third-order valence-electron chi connectivity index (χ3n) is 3.79. The van der Waals surface area contributed by atoms with Gasteiger partial charge in [0.05, 0.1) is 4.90 Å². The summed E-state index contributed by atoms with van der Waals surface area (Å²) in [6.45, 7) is 6.38. The van der Waals surface area contributed by atoms with Crippen LogP contribution in [0.15, 0.2) is 29.2 Å². The van der Waals surface area contributed by atoms with Gasteiger partial charge >= 0.3 is 0 Å². The van der Waals surface area contributed by atoms with Gasteiger partial charge in [-0.25, -0.2) is 8.42 Å². The maximum Gasteiger partial charge on any atom is 0.243 e. The zero-order chi connectivity index (χ0) is 14.6. The van der Waals surface area contributed by atoms with Crippen molar-refractivity contribution in [2.45, 2.75) is 44.0 Å². The number of nitrogens with zero attached hydrogens (tertiary/aromatic N) is 1. The molecule has 112 valence electrons. The van der Waals surface area contributed by atoms with Crippen molar-refractivity contribution in [2.24, 2.45) is 0 Å². The Labute approximate surface area is 122 Å². The second-order valence-electron chi connectivity index (χ2n) is 5.41. The van der Waals surface area contributed by atoms with Crippen LogP contribution >= 0.6 is 0 Å². The normalized spacial score (nSPS) is 17.6. The molecular formula is C15H24N2O2S. The molecule has 1 aromatic carbocycles. The highest BCUT2D eigenvalue weighted by molar-refractivity contribution is 7.89. The lowest BCUT2D eigenvalue weighted by Crippen LogP contribution is -2.46. The molecule has 0 bridgehead atoms. The van der Waals surface area contributed by atoms with Crippen LogP contribution in [0.2, 0.25) is 0 Å². The van der Waals surface area contributed by atoms with Crippen molar-refractivity contribution in [3.63, 3.8) is 0 Å². The van der Waals surface area contributed by atoms with Crippen LogP contribution in [0.25, 0.3) is 0 Å². The predicted molar refractivity (Wildman–Crippen MR) is 81.3 cm³/mol. The van der Waals surface area contributed by atoms with E-state index in [0.717, 1.165) is 37.9 Å². The molecule has 20 heavy (non-hydrogen) atoms. The summed E-state index contributed by atoms with van der Waals surface area (Å²) >= 11 is 0. The number of benzene rings is 1. The van der Waals surface area contributed by atoms with E-state index >= 15 is 0 Å². The molecule has 0 amide bonds. The quantitative estimate of drug-likeness (QED) is 0.906. The van der Waals surface area contributed by atoms with Gasteiger partial charge in [0.25, 0.3) is 0 Å². The molecule has 1 heterocycles. The number of sulfonamides is 1. The van der Waals surface area contributed by atoms with Gasteiger partial charge in [0.15, 0.2) is 0 Å². The second kappa shape index (κ2) is 6.70. The average Bonchev–Trinajstić information content (AvgIpc) is 2.46. The molecule has 1 saturated heterocycles. The molecule has 1 fully saturated rings. The van der Waals surface area contributed by atoms with E-state index in [2.05, 4.69) is 5.32 Å². The Morgan fingerprint density at radius 3 is 2.35 bits per heavy atom. The van der Waals surface area contributed by atoms with Crippen LogP contribution in [0.5, 0.6) is 0 Å². The fourth-order valence-electron chi connectivity index (χ4n) is 2.66. The minimum Gasteiger partial charge on any atom is -0.317 e. The van der Waals surface area contributed by atoms with E-state index in [0.29, 0.717) is 11.4 Å². The van der Waals surface area contributed by atoms with Crippen molar-refractivity contribution in [1.29, 1.82) is 0 Å². The van der Waals surface area contributed by atoms with Gasteiger partial charge in [-0.15, -0.1) is 0 Å². The molecule has 1 N–H and O–H groups in total. The summed E-state index contributed by atoms with van der Waals surface area (Å²) in [5.41, 5.74) is 1.08. The van der Waals surface area contributed by atoms with E-state index in [-0.39, 0.29) is 6.04 Å². The van der Waals surface area contributed by atoms with Gasteiger partial charge in [-0.3, -0.25) is 0 Å². The molecule has 0 radical (unpaired) electrons. The molecule has 0 atom stereocenters. The van der Waals surface area contributed by atoms with Crippen molar-refractivity contribution in [1.82, 2.24) is 9.62 Å². The molecule has 0 saturated carbocycles. The zero-order valence-electron chi connectivity index (χ0n) is 12.3. The second-order valence-corrected chi connectivity index (χ2v) is 7.30. The maximum absolute atomic E-state index is 12.8. The fraction of sp³-hybridized carbons (Fsp3) is 0.600. The van der Waals surface area contributed by atoms with Crippen molar-refractivity contribution in [3.05, 3.63) is 29.8 Å². The Hall–Kier alpha value is -0.910. The SMILES string of the molecule is CCCN(C1CCNCC1)S(=O)(=O)c1ccc(C)cc1. The zero-order valence-corrected chi connectivity index (χ0v) is 13.1. The summed E-state index contributed by atoms with van der Waals surface area (Å²) in [7, 11) is -3.37. The van der Waals surface area contributed by atoms with Gasteiger partial charge in [0.2, 0.25) is 10.0 Å². The van der Waals surface area contributed by atoms with Gasteiger partial charge in [0, 0.05) is 12.6 Å².